The number of hydrogen-bond acceptors (Lipinski definition) is 5. The molecule has 1 fully saturated rings. The van der Waals surface area contributed by atoms with Crippen molar-refractivity contribution in [3.8, 4) is 16.6 Å². The standard InChI is InChI=1S/C15H14N4OS/c16-9-18-12-6-11(7-12)14(20)19-15-17-8-13(21-15)10-4-2-1-3-5-10/h1-5,8,11-12,18H,6-7H2,(H,17,19,20)/t11-,12+. The van der Waals surface area contributed by atoms with Crippen LogP contribution >= 0.6 is 11.3 Å². The highest BCUT2D eigenvalue weighted by Gasteiger charge is 2.34. The fraction of sp³-hybridized carbons (Fsp3) is 0.267. The molecule has 0 unspecified atom stereocenters. The highest BCUT2D eigenvalue weighted by Crippen LogP contribution is 2.31. The largest absolute Gasteiger partial charge is 0.321 e. The van der Waals surface area contributed by atoms with Crippen molar-refractivity contribution >= 4 is 22.4 Å². The minimum absolute atomic E-state index is 0.0139. The molecule has 1 aliphatic carbocycles. The lowest BCUT2D eigenvalue weighted by molar-refractivity contribution is -0.122. The van der Waals surface area contributed by atoms with E-state index in [1.54, 1.807) is 6.20 Å². The van der Waals surface area contributed by atoms with Gasteiger partial charge in [-0.1, -0.05) is 41.7 Å². The maximum absolute atomic E-state index is 12.0. The average Bonchev–Trinajstić information content (AvgIpc) is 2.91. The zero-order chi connectivity index (χ0) is 14.7. The van der Waals surface area contributed by atoms with Crippen LogP contribution in [0.4, 0.5) is 5.13 Å². The van der Waals surface area contributed by atoms with Crippen LogP contribution in [0.5, 0.6) is 0 Å². The van der Waals surface area contributed by atoms with Crippen molar-refractivity contribution in [2.75, 3.05) is 5.32 Å². The molecule has 0 atom stereocenters. The molecule has 6 heteroatoms. The number of thiazole rings is 1. The summed E-state index contributed by atoms with van der Waals surface area (Å²) in [5.41, 5.74) is 1.09. The van der Waals surface area contributed by atoms with Crippen LogP contribution in [0.3, 0.4) is 0 Å². The number of nitrogens with one attached hydrogen (secondary N) is 2. The Bertz CT molecular complexity index is 670. The number of carbonyl (C=O) groups is 1. The van der Waals surface area contributed by atoms with Gasteiger partial charge in [0.05, 0.1) is 4.88 Å². The van der Waals surface area contributed by atoms with Crippen molar-refractivity contribution in [2.45, 2.75) is 18.9 Å². The quantitative estimate of drug-likeness (QED) is 0.672. The summed E-state index contributed by atoms with van der Waals surface area (Å²) < 4.78 is 0. The second-order valence-electron chi connectivity index (χ2n) is 5.01. The van der Waals surface area contributed by atoms with E-state index in [1.807, 2.05) is 36.5 Å². The van der Waals surface area contributed by atoms with Gasteiger partial charge in [0.2, 0.25) is 5.91 Å². The first-order chi connectivity index (χ1) is 10.3. The summed E-state index contributed by atoms with van der Waals surface area (Å²) in [6.07, 6.45) is 5.09. The molecule has 2 N–H and O–H groups in total. The van der Waals surface area contributed by atoms with Gasteiger partial charge in [-0.2, -0.15) is 5.26 Å². The fourth-order valence-corrected chi connectivity index (χ4v) is 3.14. The Morgan fingerprint density at radius 2 is 2.10 bits per heavy atom. The van der Waals surface area contributed by atoms with Crippen molar-refractivity contribution in [2.24, 2.45) is 5.92 Å². The second kappa shape index (κ2) is 5.94. The molecule has 1 saturated carbocycles. The van der Waals surface area contributed by atoms with E-state index in [4.69, 9.17) is 5.26 Å². The van der Waals surface area contributed by atoms with Crippen LogP contribution in [0.2, 0.25) is 0 Å². The smallest absolute Gasteiger partial charge is 0.229 e. The summed E-state index contributed by atoms with van der Waals surface area (Å²) in [6, 6.07) is 10.1. The zero-order valence-electron chi connectivity index (χ0n) is 11.2. The number of benzene rings is 1. The topological polar surface area (TPSA) is 77.8 Å². The molecule has 0 spiro atoms. The molecule has 21 heavy (non-hydrogen) atoms. The van der Waals surface area contributed by atoms with Crippen molar-refractivity contribution in [3.05, 3.63) is 36.5 Å². The maximum Gasteiger partial charge on any atom is 0.229 e. The number of aromatic nitrogens is 1. The maximum atomic E-state index is 12.0. The van der Waals surface area contributed by atoms with Gasteiger partial charge in [-0.05, 0) is 18.4 Å². The monoisotopic (exact) mass is 298 g/mol. The third-order valence-corrected chi connectivity index (χ3v) is 4.53. The zero-order valence-corrected chi connectivity index (χ0v) is 12.1. The molecule has 3 rings (SSSR count). The lowest BCUT2D eigenvalue weighted by Crippen LogP contribution is -2.44. The van der Waals surface area contributed by atoms with Crippen LogP contribution in [0.15, 0.2) is 36.5 Å². The lowest BCUT2D eigenvalue weighted by atomic mass is 9.80. The van der Waals surface area contributed by atoms with E-state index in [-0.39, 0.29) is 17.9 Å². The molecule has 1 aromatic carbocycles. The van der Waals surface area contributed by atoms with Gasteiger partial charge >= 0.3 is 0 Å². The van der Waals surface area contributed by atoms with Crippen LogP contribution in [0, 0.1) is 17.4 Å². The summed E-state index contributed by atoms with van der Waals surface area (Å²) in [5.74, 6) is -0.0418. The SMILES string of the molecule is N#CN[C@H]1C[C@@H](C(=O)Nc2ncc(-c3ccccc3)s2)C1. The van der Waals surface area contributed by atoms with Crippen LogP contribution in [-0.4, -0.2) is 16.9 Å². The molecule has 0 saturated heterocycles. The Hall–Kier alpha value is -2.39. The first-order valence-corrected chi connectivity index (χ1v) is 7.54. The van der Waals surface area contributed by atoms with Crippen molar-refractivity contribution in [3.63, 3.8) is 0 Å². The number of rotatable bonds is 4. The van der Waals surface area contributed by atoms with Crippen LogP contribution in [-0.2, 0) is 4.79 Å². The highest BCUT2D eigenvalue weighted by atomic mass is 32.1. The fourth-order valence-electron chi connectivity index (χ4n) is 2.32. The molecular formula is C15H14N4OS. The third-order valence-electron chi connectivity index (χ3n) is 3.57. The molecule has 2 aromatic rings. The summed E-state index contributed by atoms with van der Waals surface area (Å²) in [4.78, 5) is 17.3. The molecular weight excluding hydrogens is 284 g/mol. The predicted octanol–water partition coefficient (Wildman–Crippen LogP) is 2.60. The van der Waals surface area contributed by atoms with E-state index in [1.165, 1.54) is 11.3 Å². The van der Waals surface area contributed by atoms with Crippen LogP contribution in [0.25, 0.3) is 10.4 Å². The molecule has 1 aliphatic rings. The minimum atomic E-state index is -0.0278. The number of amides is 1. The van der Waals surface area contributed by atoms with Crippen LogP contribution < -0.4 is 10.6 Å². The van der Waals surface area contributed by atoms with Crippen molar-refractivity contribution in [1.82, 2.24) is 10.3 Å². The Kier molecular flexibility index (Phi) is 3.84. The van der Waals surface area contributed by atoms with Gasteiger partial charge in [-0.3, -0.25) is 4.79 Å². The van der Waals surface area contributed by atoms with Gasteiger partial charge in [0, 0.05) is 18.2 Å². The molecule has 0 aliphatic heterocycles. The number of anilines is 1. The van der Waals surface area contributed by atoms with E-state index in [0.717, 1.165) is 10.4 Å². The minimum Gasteiger partial charge on any atom is -0.321 e. The van der Waals surface area contributed by atoms with Gasteiger partial charge in [-0.25, -0.2) is 4.98 Å². The Balaban J connectivity index is 1.58. The summed E-state index contributed by atoms with van der Waals surface area (Å²) in [6.45, 7) is 0. The summed E-state index contributed by atoms with van der Waals surface area (Å²) >= 11 is 1.47. The summed E-state index contributed by atoms with van der Waals surface area (Å²) in [5, 5.41) is 14.6. The van der Waals surface area contributed by atoms with Gasteiger partial charge in [0.25, 0.3) is 0 Å². The Morgan fingerprint density at radius 1 is 1.33 bits per heavy atom. The summed E-state index contributed by atoms with van der Waals surface area (Å²) in [7, 11) is 0. The molecule has 0 radical (unpaired) electrons. The van der Waals surface area contributed by atoms with Gasteiger partial charge in [0.1, 0.15) is 0 Å². The second-order valence-corrected chi connectivity index (χ2v) is 6.04. The predicted molar refractivity (Wildman–Crippen MR) is 81.4 cm³/mol. The molecule has 106 valence electrons. The van der Waals surface area contributed by atoms with Gasteiger partial charge in [0.15, 0.2) is 11.3 Å². The molecule has 1 heterocycles. The Labute approximate surface area is 126 Å². The van der Waals surface area contributed by atoms with Gasteiger partial charge in [-0.15, -0.1) is 0 Å². The highest BCUT2D eigenvalue weighted by molar-refractivity contribution is 7.19. The van der Waals surface area contributed by atoms with Crippen molar-refractivity contribution in [1.29, 1.82) is 5.26 Å². The molecule has 1 amide bonds. The normalized spacial score (nSPS) is 20.1. The van der Waals surface area contributed by atoms with E-state index in [0.29, 0.717) is 18.0 Å². The first kappa shape index (κ1) is 13.6. The van der Waals surface area contributed by atoms with E-state index < -0.39 is 0 Å². The third kappa shape index (κ3) is 3.03. The number of carbonyl (C=O) groups excluding carboxylic acids is 1. The van der Waals surface area contributed by atoms with E-state index in [2.05, 4.69) is 15.6 Å². The van der Waals surface area contributed by atoms with E-state index in [9.17, 15) is 4.79 Å². The molecule has 1 aromatic heterocycles. The number of nitriles is 1. The van der Waals surface area contributed by atoms with Crippen molar-refractivity contribution < 1.29 is 4.79 Å². The van der Waals surface area contributed by atoms with Gasteiger partial charge < -0.3 is 10.6 Å². The molecule has 5 nitrogen and oxygen atoms in total. The molecule has 0 bridgehead atoms. The Morgan fingerprint density at radius 3 is 2.81 bits per heavy atom. The number of nitrogens with zero attached hydrogens (tertiary/aromatic N) is 2. The first-order valence-electron chi connectivity index (χ1n) is 6.73. The lowest BCUT2D eigenvalue weighted by Gasteiger charge is -2.32. The van der Waals surface area contributed by atoms with E-state index >= 15 is 0 Å². The van der Waals surface area contributed by atoms with Crippen LogP contribution in [0.1, 0.15) is 12.8 Å². The number of hydrogen-bond donors (Lipinski definition) is 2. The average molecular weight is 298 g/mol.